The summed E-state index contributed by atoms with van der Waals surface area (Å²) in [5, 5.41) is 1.32. The van der Waals surface area contributed by atoms with E-state index < -0.39 is 18.4 Å². The van der Waals surface area contributed by atoms with Crippen molar-refractivity contribution in [3.8, 4) is 0 Å². The van der Waals surface area contributed by atoms with Crippen molar-refractivity contribution < 1.29 is 18.3 Å². The summed E-state index contributed by atoms with van der Waals surface area (Å²) in [6.45, 7) is -0.770. The molecule has 14 heavy (non-hydrogen) atoms. The van der Waals surface area contributed by atoms with Crippen LogP contribution in [0.5, 0.6) is 0 Å². The Morgan fingerprint density at radius 2 is 2.36 bits per heavy atom. The minimum Gasteiger partial charge on any atom is -0.465 e. The molecule has 0 fully saturated rings. The SMILES string of the molecule is COC(=O)c1csc(C(F)(F)CN)c1. The average molecular weight is 221 g/mol. The van der Waals surface area contributed by atoms with Crippen LogP contribution in [0.1, 0.15) is 15.2 Å². The molecule has 6 heteroatoms. The molecule has 78 valence electrons. The van der Waals surface area contributed by atoms with E-state index in [0.29, 0.717) is 0 Å². The molecule has 0 atom stereocenters. The number of nitrogens with two attached hydrogens (primary N) is 1. The molecule has 0 bridgehead atoms. The summed E-state index contributed by atoms with van der Waals surface area (Å²) in [7, 11) is 1.20. The second kappa shape index (κ2) is 4.02. The van der Waals surface area contributed by atoms with E-state index in [1.165, 1.54) is 12.5 Å². The zero-order valence-corrected chi connectivity index (χ0v) is 8.24. The largest absolute Gasteiger partial charge is 0.465 e. The molecule has 3 nitrogen and oxygen atoms in total. The molecular formula is C8H9F2NO2S. The zero-order chi connectivity index (χ0) is 10.8. The van der Waals surface area contributed by atoms with Gasteiger partial charge in [0.1, 0.15) is 0 Å². The van der Waals surface area contributed by atoms with Crippen LogP contribution in [0.25, 0.3) is 0 Å². The normalized spacial score (nSPS) is 11.4. The molecule has 0 aliphatic heterocycles. The van der Waals surface area contributed by atoms with Crippen LogP contribution >= 0.6 is 11.3 Å². The van der Waals surface area contributed by atoms with Crippen molar-refractivity contribution in [2.45, 2.75) is 5.92 Å². The van der Waals surface area contributed by atoms with Crippen LogP contribution in [-0.2, 0) is 10.7 Å². The smallest absolute Gasteiger partial charge is 0.338 e. The average Bonchev–Trinajstić information content (AvgIpc) is 2.66. The van der Waals surface area contributed by atoms with Crippen molar-refractivity contribution in [1.82, 2.24) is 0 Å². The van der Waals surface area contributed by atoms with E-state index in [9.17, 15) is 13.6 Å². The summed E-state index contributed by atoms with van der Waals surface area (Å²) in [4.78, 5) is 10.7. The van der Waals surface area contributed by atoms with Crippen molar-refractivity contribution in [3.63, 3.8) is 0 Å². The highest BCUT2D eigenvalue weighted by atomic mass is 32.1. The van der Waals surface area contributed by atoms with Gasteiger partial charge in [-0.1, -0.05) is 0 Å². The molecule has 1 aromatic rings. The Morgan fingerprint density at radius 3 is 2.86 bits per heavy atom. The highest BCUT2D eigenvalue weighted by Crippen LogP contribution is 2.32. The van der Waals surface area contributed by atoms with Gasteiger partial charge in [-0.15, -0.1) is 11.3 Å². The minimum atomic E-state index is -3.07. The molecule has 0 unspecified atom stereocenters. The standard InChI is InChI=1S/C8H9F2NO2S/c1-13-7(12)5-2-6(14-3-5)8(9,10)4-11/h2-3H,4,11H2,1H3. The molecule has 0 aromatic carbocycles. The first-order valence-corrected chi connectivity index (χ1v) is 4.64. The van der Waals surface area contributed by atoms with Gasteiger partial charge in [0.05, 0.1) is 24.1 Å². The predicted octanol–water partition coefficient (Wildman–Crippen LogP) is 1.59. The van der Waals surface area contributed by atoms with E-state index in [1.807, 2.05) is 0 Å². The lowest BCUT2D eigenvalue weighted by molar-refractivity contribution is 0.00985. The van der Waals surface area contributed by atoms with E-state index in [-0.39, 0.29) is 10.4 Å². The Morgan fingerprint density at radius 1 is 1.71 bits per heavy atom. The summed E-state index contributed by atoms with van der Waals surface area (Å²) in [5.74, 6) is -3.70. The number of halogens is 2. The molecule has 1 heterocycles. The van der Waals surface area contributed by atoms with Gasteiger partial charge < -0.3 is 10.5 Å². The van der Waals surface area contributed by atoms with Crippen LogP contribution in [-0.4, -0.2) is 19.6 Å². The number of hydrogen-bond donors (Lipinski definition) is 1. The number of carbonyl (C=O) groups is 1. The van der Waals surface area contributed by atoms with Gasteiger partial charge in [0, 0.05) is 5.38 Å². The third kappa shape index (κ3) is 2.08. The first kappa shape index (κ1) is 11.1. The van der Waals surface area contributed by atoms with Crippen LogP contribution in [0.2, 0.25) is 0 Å². The minimum absolute atomic E-state index is 0.126. The summed E-state index contributed by atoms with van der Waals surface area (Å²) in [6, 6.07) is 1.10. The third-order valence-electron chi connectivity index (χ3n) is 1.64. The van der Waals surface area contributed by atoms with Gasteiger partial charge in [-0.3, -0.25) is 0 Å². The van der Waals surface area contributed by atoms with E-state index >= 15 is 0 Å². The molecule has 1 rings (SSSR count). The second-order valence-electron chi connectivity index (χ2n) is 2.60. The van der Waals surface area contributed by atoms with Crippen molar-refractivity contribution in [1.29, 1.82) is 0 Å². The second-order valence-corrected chi connectivity index (χ2v) is 3.51. The molecule has 0 saturated heterocycles. The first-order valence-electron chi connectivity index (χ1n) is 3.76. The van der Waals surface area contributed by atoms with Crippen LogP contribution < -0.4 is 5.73 Å². The molecule has 0 radical (unpaired) electrons. The lowest BCUT2D eigenvalue weighted by atomic mass is 10.2. The zero-order valence-electron chi connectivity index (χ0n) is 7.42. The van der Waals surface area contributed by atoms with Crippen LogP contribution in [0.3, 0.4) is 0 Å². The van der Waals surface area contributed by atoms with Crippen LogP contribution in [0, 0.1) is 0 Å². The van der Waals surface area contributed by atoms with Gasteiger partial charge in [0.15, 0.2) is 0 Å². The fourth-order valence-corrected chi connectivity index (χ4v) is 1.72. The fourth-order valence-electron chi connectivity index (χ4n) is 0.854. The highest BCUT2D eigenvalue weighted by Gasteiger charge is 2.32. The van der Waals surface area contributed by atoms with Crippen LogP contribution in [0.15, 0.2) is 11.4 Å². The number of methoxy groups -OCH3 is 1. The van der Waals surface area contributed by atoms with E-state index in [4.69, 9.17) is 5.73 Å². The van der Waals surface area contributed by atoms with Gasteiger partial charge in [0.2, 0.25) is 0 Å². The van der Waals surface area contributed by atoms with E-state index in [1.54, 1.807) is 0 Å². The third-order valence-corrected chi connectivity index (χ3v) is 2.68. The summed E-state index contributed by atoms with van der Waals surface area (Å²) < 4.78 is 30.4. The molecule has 0 saturated carbocycles. The van der Waals surface area contributed by atoms with Crippen molar-refractivity contribution in [3.05, 3.63) is 21.9 Å². The summed E-state index contributed by atoms with van der Waals surface area (Å²) in [5.41, 5.74) is 5.02. The molecule has 0 amide bonds. The number of alkyl halides is 2. The Balaban J connectivity index is 2.93. The van der Waals surface area contributed by atoms with Crippen molar-refractivity contribution in [2.24, 2.45) is 5.73 Å². The number of thiophene rings is 1. The van der Waals surface area contributed by atoms with Gasteiger partial charge in [-0.25, -0.2) is 4.79 Å². The molecule has 0 aliphatic rings. The lowest BCUT2D eigenvalue weighted by Gasteiger charge is -2.10. The maximum absolute atomic E-state index is 13.0. The monoisotopic (exact) mass is 221 g/mol. The highest BCUT2D eigenvalue weighted by molar-refractivity contribution is 7.10. The van der Waals surface area contributed by atoms with Gasteiger partial charge in [-0.2, -0.15) is 8.78 Å². The maximum atomic E-state index is 13.0. The molecular weight excluding hydrogens is 212 g/mol. The number of ether oxygens (including phenoxy) is 1. The predicted molar refractivity (Wildman–Crippen MR) is 48.6 cm³/mol. The molecule has 0 spiro atoms. The Kier molecular flexibility index (Phi) is 3.17. The van der Waals surface area contributed by atoms with Gasteiger partial charge in [-0.05, 0) is 6.07 Å². The molecule has 2 N–H and O–H groups in total. The number of esters is 1. The maximum Gasteiger partial charge on any atom is 0.338 e. The number of hydrogen-bond acceptors (Lipinski definition) is 4. The fraction of sp³-hybridized carbons (Fsp3) is 0.375. The summed E-state index contributed by atoms with van der Waals surface area (Å²) in [6.07, 6.45) is 0. The number of carbonyl (C=O) groups excluding carboxylic acids is 1. The quantitative estimate of drug-likeness (QED) is 0.788. The Bertz CT molecular complexity index is 338. The topological polar surface area (TPSA) is 52.3 Å². The van der Waals surface area contributed by atoms with Crippen molar-refractivity contribution in [2.75, 3.05) is 13.7 Å². The first-order chi connectivity index (χ1) is 6.51. The Labute approximate surface area is 83.5 Å². The van der Waals surface area contributed by atoms with Crippen molar-refractivity contribution >= 4 is 17.3 Å². The van der Waals surface area contributed by atoms with Gasteiger partial charge >= 0.3 is 5.97 Å². The van der Waals surface area contributed by atoms with E-state index in [0.717, 1.165) is 17.4 Å². The van der Waals surface area contributed by atoms with E-state index in [2.05, 4.69) is 4.74 Å². The molecule has 0 aliphatic carbocycles. The Hall–Kier alpha value is -1.01. The van der Waals surface area contributed by atoms with Gasteiger partial charge in [0.25, 0.3) is 5.92 Å². The summed E-state index contributed by atoms with van der Waals surface area (Å²) >= 11 is 0.794. The lowest BCUT2D eigenvalue weighted by Crippen LogP contribution is -2.23. The number of rotatable bonds is 3. The van der Waals surface area contributed by atoms with Crippen LogP contribution in [0.4, 0.5) is 8.78 Å². The molecule has 1 aromatic heterocycles.